The van der Waals surface area contributed by atoms with Crippen molar-refractivity contribution in [3.63, 3.8) is 0 Å². The van der Waals surface area contributed by atoms with Crippen molar-refractivity contribution in [1.29, 1.82) is 0 Å². The monoisotopic (exact) mass is 248 g/mol. The molecule has 100 valence electrons. The van der Waals surface area contributed by atoms with Gasteiger partial charge in [-0.1, -0.05) is 31.2 Å². The van der Waals surface area contributed by atoms with Crippen LogP contribution < -0.4 is 10.6 Å². The second kappa shape index (κ2) is 6.88. The molecule has 0 aliphatic carbocycles. The van der Waals surface area contributed by atoms with Gasteiger partial charge in [-0.05, 0) is 36.6 Å². The van der Waals surface area contributed by atoms with Crippen molar-refractivity contribution < 1.29 is 4.74 Å². The second-order valence-corrected chi connectivity index (χ2v) is 5.21. The van der Waals surface area contributed by atoms with Crippen LogP contribution >= 0.6 is 0 Å². The molecule has 1 aliphatic heterocycles. The van der Waals surface area contributed by atoms with Crippen molar-refractivity contribution in [3.05, 3.63) is 35.4 Å². The molecular formula is C15H24N2O. The van der Waals surface area contributed by atoms with Gasteiger partial charge in [0.25, 0.3) is 0 Å². The zero-order valence-corrected chi connectivity index (χ0v) is 11.4. The predicted octanol–water partition coefficient (Wildman–Crippen LogP) is 1.92. The summed E-state index contributed by atoms with van der Waals surface area (Å²) in [6, 6.07) is 9.26. The van der Waals surface area contributed by atoms with Gasteiger partial charge >= 0.3 is 0 Å². The van der Waals surface area contributed by atoms with Gasteiger partial charge < -0.3 is 15.4 Å². The maximum atomic E-state index is 5.17. The molecule has 0 bridgehead atoms. The molecule has 2 N–H and O–H groups in total. The van der Waals surface area contributed by atoms with E-state index in [0.29, 0.717) is 18.6 Å². The number of hydrogen-bond donors (Lipinski definition) is 2. The van der Waals surface area contributed by atoms with Crippen LogP contribution in [0.5, 0.6) is 0 Å². The predicted molar refractivity (Wildman–Crippen MR) is 74.4 cm³/mol. The third-order valence-corrected chi connectivity index (χ3v) is 3.66. The Balaban J connectivity index is 1.87. The Morgan fingerprint density at radius 3 is 3.00 bits per heavy atom. The summed E-state index contributed by atoms with van der Waals surface area (Å²) in [6.07, 6.45) is 1.22. The van der Waals surface area contributed by atoms with Crippen LogP contribution in [0.1, 0.15) is 24.5 Å². The summed E-state index contributed by atoms with van der Waals surface area (Å²) in [5.74, 6) is 0.709. The molecule has 0 spiro atoms. The number of rotatable bonds is 5. The Labute approximate surface area is 110 Å². The molecule has 2 unspecified atom stereocenters. The van der Waals surface area contributed by atoms with Gasteiger partial charge in [-0.2, -0.15) is 0 Å². The zero-order valence-electron chi connectivity index (χ0n) is 11.4. The lowest BCUT2D eigenvalue weighted by atomic mass is 9.95. The molecule has 1 heterocycles. The normalized spacial score (nSPS) is 24.1. The fourth-order valence-electron chi connectivity index (χ4n) is 2.56. The topological polar surface area (TPSA) is 33.3 Å². The van der Waals surface area contributed by atoms with Gasteiger partial charge in [0.1, 0.15) is 0 Å². The van der Waals surface area contributed by atoms with E-state index >= 15 is 0 Å². The quantitative estimate of drug-likeness (QED) is 0.835. The number of benzene rings is 1. The average molecular weight is 248 g/mol. The van der Waals surface area contributed by atoms with E-state index in [0.717, 1.165) is 19.6 Å². The summed E-state index contributed by atoms with van der Waals surface area (Å²) in [5, 5.41) is 7.11. The van der Waals surface area contributed by atoms with E-state index in [1.807, 2.05) is 0 Å². The van der Waals surface area contributed by atoms with Gasteiger partial charge in [-0.15, -0.1) is 0 Å². The third kappa shape index (κ3) is 3.80. The fourth-order valence-corrected chi connectivity index (χ4v) is 2.56. The number of nitrogens with one attached hydrogen (secondary N) is 2. The Bertz CT molecular complexity index is 367. The maximum Gasteiger partial charge on any atom is 0.0713 e. The minimum atomic E-state index is 0.636. The highest BCUT2D eigenvalue weighted by Gasteiger charge is 2.19. The van der Waals surface area contributed by atoms with E-state index in [2.05, 4.69) is 41.8 Å². The highest BCUT2D eigenvalue weighted by Crippen LogP contribution is 2.12. The van der Waals surface area contributed by atoms with E-state index in [1.54, 1.807) is 7.11 Å². The highest BCUT2D eigenvalue weighted by atomic mass is 16.5. The SMILES string of the molecule is COCc1cccc(CNC2CCNCC2C)c1. The van der Waals surface area contributed by atoms with Crippen molar-refractivity contribution in [2.24, 2.45) is 5.92 Å². The molecule has 2 atom stereocenters. The van der Waals surface area contributed by atoms with E-state index in [1.165, 1.54) is 17.5 Å². The van der Waals surface area contributed by atoms with E-state index < -0.39 is 0 Å². The lowest BCUT2D eigenvalue weighted by Gasteiger charge is -2.30. The smallest absolute Gasteiger partial charge is 0.0713 e. The lowest BCUT2D eigenvalue weighted by molar-refractivity contribution is 0.185. The highest BCUT2D eigenvalue weighted by molar-refractivity contribution is 5.22. The molecule has 0 radical (unpaired) electrons. The molecule has 1 aromatic carbocycles. The van der Waals surface area contributed by atoms with Crippen LogP contribution in [0, 0.1) is 5.92 Å². The first-order valence-electron chi connectivity index (χ1n) is 6.80. The lowest BCUT2D eigenvalue weighted by Crippen LogP contribution is -2.46. The molecule has 0 amide bonds. The number of methoxy groups -OCH3 is 1. The molecule has 1 aromatic rings. The van der Waals surface area contributed by atoms with Crippen molar-refractivity contribution in [3.8, 4) is 0 Å². The van der Waals surface area contributed by atoms with Crippen LogP contribution in [-0.4, -0.2) is 26.2 Å². The minimum Gasteiger partial charge on any atom is -0.380 e. The first kappa shape index (κ1) is 13.5. The molecule has 0 saturated carbocycles. The Morgan fingerprint density at radius 2 is 2.22 bits per heavy atom. The summed E-state index contributed by atoms with van der Waals surface area (Å²) >= 11 is 0. The van der Waals surface area contributed by atoms with Crippen molar-refractivity contribution >= 4 is 0 Å². The van der Waals surface area contributed by atoms with Gasteiger partial charge in [0.2, 0.25) is 0 Å². The second-order valence-electron chi connectivity index (χ2n) is 5.21. The Morgan fingerprint density at radius 1 is 1.39 bits per heavy atom. The van der Waals surface area contributed by atoms with Gasteiger partial charge in [0, 0.05) is 19.7 Å². The van der Waals surface area contributed by atoms with Crippen LogP contribution in [-0.2, 0) is 17.9 Å². The molecule has 0 aromatic heterocycles. The van der Waals surface area contributed by atoms with Crippen molar-refractivity contribution in [1.82, 2.24) is 10.6 Å². The maximum absolute atomic E-state index is 5.17. The Kier molecular flexibility index (Phi) is 5.17. The first-order chi connectivity index (χ1) is 8.79. The zero-order chi connectivity index (χ0) is 12.8. The number of hydrogen-bond acceptors (Lipinski definition) is 3. The summed E-state index contributed by atoms with van der Waals surface area (Å²) in [6.45, 7) is 6.21. The van der Waals surface area contributed by atoms with E-state index in [-0.39, 0.29) is 0 Å². The van der Waals surface area contributed by atoms with Crippen LogP contribution in [0.25, 0.3) is 0 Å². The summed E-state index contributed by atoms with van der Waals surface area (Å²) < 4.78 is 5.17. The van der Waals surface area contributed by atoms with Crippen molar-refractivity contribution in [2.75, 3.05) is 20.2 Å². The molecule has 2 rings (SSSR count). The summed E-state index contributed by atoms with van der Waals surface area (Å²) in [4.78, 5) is 0. The van der Waals surface area contributed by atoms with Crippen LogP contribution in [0.2, 0.25) is 0 Å². The third-order valence-electron chi connectivity index (χ3n) is 3.66. The number of piperidine rings is 1. The average Bonchev–Trinajstić information content (AvgIpc) is 2.39. The van der Waals surface area contributed by atoms with E-state index in [9.17, 15) is 0 Å². The van der Waals surface area contributed by atoms with Gasteiger partial charge in [-0.3, -0.25) is 0 Å². The van der Waals surface area contributed by atoms with Crippen LogP contribution in [0.4, 0.5) is 0 Å². The molecule has 1 aliphatic rings. The Hall–Kier alpha value is -0.900. The minimum absolute atomic E-state index is 0.636. The summed E-state index contributed by atoms with van der Waals surface area (Å²) in [5.41, 5.74) is 2.59. The molecule has 18 heavy (non-hydrogen) atoms. The first-order valence-corrected chi connectivity index (χ1v) is 6.80. The standard InChI is InChI=1S/C15H24N2O/c1-12-9-16-7-6-15(12)17-10-13-4-3-5-14(8-13)11-18-2/h3-5,8,12,15-17H,6-7,9-11H2,1-2H3. The molecule has 1 saturated heterocycles. The molecule has 3 nitrogen and oxygen atoms in total. The molecular weight excluding hydrogens is 224 g/mol. The fraction of sp³-hybridized carbons (Fsp3) is 0.600. The van der Waals surface area contributed by atoms with E-state index in [4.69, 9.17) is 4.74 Å². The molecule has 1 fully saturated rings. The summed E-state index contributed by atoms with van der Waals surface area (Å²) in [7, 11) is 1.74. The van der Waals surface area contributed by atoms with Gasteiger partial charge in [0.05, 0.1) is 6.61 Å². The van der Waals surface area contributed by atoms with Crippen LogP contribution in [0.15, 0.2) is 24.3 Å². The van der Waals surface area contributed by atoms with Gasteiger partial charge in [0.15, 0.2) is 0 Å². The molecule has 3 heteroatoms. The van der Waals surface area contributed by atoms with Crippen LogP contribution in [0.3, 0.4) is 0 Å². The van der Waals surface area contributed by atoms with Gasteiger partial charge in [-0.25, -0.2) is 0 Å². The largest absolute Gasteiger partial charge is 0.380 e. The van der Waals surface area contributed by atoms with Crippen molar-refractivity contribution in [2.45, 2.75) is 32.5 Å². The number of ether oxygens (including phenoxy) is 1.